The summed E-state index contributed by atoms with van der Waals surface area (Å²) in [7, 11) is -2.08. The van der Waals surface area contributed by atoms with Crippen molar-refractivity contribution < 1.29 is 13.3 Å². The maximum Gasteiger partial charge on any atom is 0.270 e. The first-order valence-electron chi connectivity index (χ1n) is 7.75. The molecule has 0 bridgehead atoms. The highest BCUT2D eigenvalue weighted by Gasteiger charge is 2.31. The molecule has 1 saturated heterocycles. The lowest BCUT2D eigenvalue weighted by Crippen LogP contribution is -2.28. The van der Waals surface area contributed by atoms with Crippen LogP contribution in [0.4, 0.5) is 11.4 Å². The number of benzene rings is 1. The van der Waals surface area contributed by atoms with Crippen molar-refractivity contribution in [3.05, 3.63) is 40.5 Å². The summed E-state index contributed by atoms with van der Waals surface area (Å²) in [6.45, 7) is 1.10. The van der Waals surface area contributed by atoms with E-state index in [0.29, 0.717) is 24.6 Å². The zero-order chi connectivity index (χ0) is 18.0. The van der Waals surface area contributed by atoms with Crippen LogP contribution in [0.25, 0.3) is 0 Å². The van der Waals surface area contributed by atoms with Crippen LogP contribution < -0.4 is 5.32 Å². The summed E-state index contributed by atoms with van der Waals surface area (Å²) in [6.07, 6.45) is 2.97. The molecule has 1 N–H and O–H groups in total. The molecule has 3 rings (SSSR count). The van der Waals surface area contributed by atoms with Crippen molar-refractivity contribution in [2.75, 3.05) is 18.4 Å². The topological polar surface area (TPSA) is 123 Å². The number of nitro benzene ring substituents is 1. The summed E-state index contributed by atoms with van der Waals surface area (Å²) in [5.41, 5.74) is 0.0440. The standard InChI is InChI=1S/C14H18N6O4S/c1-18-14(16-10-17-18)9-15-12-5-4-11(20(21)22)8-13(12)25(23,24)19-6-2-3-7-19/h4-5,8,10,15H,2-3,6-7,9H2,1H3. The van der Waals surface area contributed by atoms with Crippen LogP contribution in [-0.2, 0) is 23.6 Å². The first-order chi connectivity index (χ1) is 11.9. The highest BCUT2D eigenvalue weighted by Crippen LogP contribution is 2.30. The molecule has 134 valence electrons. The predicted molar refractivity (Wildman–Crippen MR) is 89.4 cm³/mol. The van der Waals surface area contributed by atoms with E-state index in [4.69, 9.17) is 0 Å². The lowest BCUT2D eigenvalue weighted by molar-refractivity contribution is -0.385. The molecule has 1 aliphatic rings. The van der Waals surface area contributed by atoms with Gasteiger partial charge in [0.1, 0.15) is 17.0 Å². The highest BCUT2D eigenvalue weighted by atomic mass is 32.2. The lowest BCUT2D eigenvalue weighted by Gasteiger charge is -2.18. The van der Waals surface area contributed by atoms with Gasteiger partial charge in [-0.15, -0.1) is 0 Å². The summed E-state index contributed by atoms with van der Waals surface area (Å²) >= 11 is 0. The number of hydrogen-bond donors (Lipinski definition) is 1. The molecule has 11 heteroatoms. The third-order valence-corrected chi connectivity index (χ3v) is 6.04. The molecule has 1 aromatic heterocycles. The lowest BCUT2D eigenvalue weighted by atomic mass is 10.3. The number of sulfonamides is 1. The molecule has 0 aliphatic carbocycles. The molecule has 1 aliphatic heterocycles. The maximum absolute atomic E-state index is 12.9. The van der Waals surface area contributed by atoms with Crippen LogP contribution in [0, 0.1) is 10.1 Å². The average Bonchev–Trinajstić information content (AvgIpc) is 3.24. The third-order valence-electron chi connectivity index (χ3n) is 4.10. The van der Waals surface area contributed by atoms with Gasteiger partial charge in [0.25, 0.3) is 5.69 Å². The van der Waals surface area contributed by atoms with Gasteiger partial charge in [-0.3, -0.25) is 14.8 Å². The van der Waals surface area contributed by atoms with E-state index < -0.39 is 14.9 Å². The van der Waals surface area contributed by atoms with Crippen molar-refractivity contribution in [3.63, 3.8) is 0 Å². The van der Waals surface area contributed by atoms with Crippen LogP contribution >= 0.6 is 0 Å². The number of anilines is 1. The van der Waals surface area contributed by atoms with Gasteiger partial charge < -0.3 is 5.32 Å². The Bertz CT molecular complexity index is 888. The number of nitrogens with zero attached hydrogens (tertiary/aromatic N) is 5. The monoisotopic (exact) mass is 366 g/mol. The van der Waals surface area contributed by atoms with E-state index in [1.807, 2.05) is 0 Å². The molecule has 0 spiro atoms. The number of rotatable bonds is 6. The molecule has 0 unspecified atom stereocenters. The normalized spacial score (nSPS) is 15.4. The zero-order valence-electron chi connectivity index (χ0n) is 13.6. The number of nitro groups is 1. The average molecular weight is 366 g/mol. The predicted octanol–water partition coefficient (Wildman–Crippen LogP) is 1.12. The fourth-order valence-corrected chi connectivity index (χ4v) is 4.41. The van der Waals surface area contributed by atoms with E-state index in [2.05, 4.69) is 15.4 Å². The summed E-state index contributed by atoms with van der Waals surface area (Å²) in [4.78, 5) is 14.4. The molecule has 1 fully saturated rings. The first kappa shape index (κ1) is 17.3. The van der Waals surface area contributed by atoms with Gasteiger partial charge in [-0.25, -0.2) is 13.4 Å². The summed E-state index contributed by atoms with van der Waals surface area (Å²) < 4.78 is 28.7. The molecular weight excluding hydrogens is 348 g/mol. The second-order valence-corrected chi connectivity index (χ2v) is 7.61. The smallest absolute Gasteiger partial charge is 0.270 e. The second kappa shape index (κ2) is 6.76. The van der Waals surface area contributed by atoms with Gasteiger partial charge in [-0.1, -0.05) is 0 Å². The van der Waals surface area contributed by atoms with E-state index in [1.54, 1.807) is 11.7 Å². The van der Waals surface area contributed by atoms with Crippen LogP contribution in [0.3, 0.4) is 0 Å². The minimum absolute atomic E-state index is 0.0919. The summed E-state index contributed by atoms with van der Waals surface area (Å²) in [6, 6.07) is 3.80. The molecule has 0 radical (unpaired) electrons. The molecule has 25 heavy (non-hydrogen) atoms. The summed E-state index contributed by atoms with van der Waals surface area (Å²) in [5.74, 6) is 0.614. The molecule has 1 aromatic carbocycles. The van der Waals surface area contributed by atoms with E-state index in [9.17, 15) is 18.5 Å². The van der Waals surface area contributed by atoms with Crippen LogP contribution in [0.15, 0.2) is 29.4 Å². The Kier molecular flexibility index (Phi) is 4.68. The van der Waals surface area contributed by atoms with Gasteiger partial charge in [-0.2, -0.15) is 9.40 Å². The molecule has 0 saturated carbocycles. The number of nitrogens with one attached hydrogen (secondary N) is 1. The quantitative estimate of drug-likeness (QED) is 0.600. The number of non-ortho nitro benzene ring substituents is 1. The third kappa shape index (κ3) is 3.46. The molecule has 2 heterocycles. The Balaban J connectivity index is 1.96. The van der Waals surface area contributed by atoms with Gasteiger partial charge in [0, 0.05) is 32.3 Å². The van der Waals surface area contributed by atoms with Gasteiger partial charge in [0.15, 0.2) is 0 Å². The van der Waals surface area contributed by atoms with Crippen molar-refractivity contribution in [3.8, 4) is 0 Å². The highest BCUT2D eigenvalue weighted by molar-refractivity contribution is 7.89. The van der Waals surface area contributed by atoms with Crippen LogP contribution in [0.5, 0.6) is 0 Å². The number of hydrogen-bond acceptors (Lipinski definition) is 7. The van der Waals surface area contributed by atoms with Gasteiger partial charge in [0.05, 0.1) is 17.2 Å². The van der Waals surface area contributed by atoms with Crippen molar-refractivity contribution in [1.29, 1.82) is 0 Å². The molecule has 2 aromatic rings. The molecule has 10 nitrogen and oxygen atoms in total. The number of aromatic nitrogens is 3. The number of aryl methyl sites for hydroxylation is 1. The van der Waals surface area contributed by atoms with Gasteiger partial charge >= 0.3 is 0 Å². The zero-order valence-corrected chi connectivity index (χ0v) is 14.4. The largest absolute Gasteiger partial charge is 0.377 e. The van der Waals surface area contributed by atoms with Crippen molar-refractivity contribution in [1.82, 2.24) is 19.1 Å². The van der Waals surface area contributed by atoms with Crippen molar-refractivity contribution in [2.45, 2.75) is 24.3 Å². The Labute approximate surface area is 144 Å². The molecular formula is C14H18N6O4S. The maximum atomic E-state index is 12.9. The van der Waals surface area contributed by atoms with Crippen LogP contribution in [-0.4, -0.2) is 45.5 Å². The Morgan fingerprint density at radius 3 is 2.64 bits per heavy atom. The summed E-state index contributed by atoms with van der Waals surface area (Å²) in [5, 5.41) is 18.0. The van der Waals surface area contributed by atoms with E-state index in [1.165, 1.54) is 22.8 Å². The molecule has 0 atom stereocenters. The SMILES string of the molecule is Cn1ncnc1CNc1ccc([N+](=O)[O-])cc1S(=O)(=O)N1CCCC1. The van der Waals surface area contributed by atoms with E-state index in [-0.39, 0.29) is 17.1 Å². The fraction of sp³-hybridized carbons (Fsp3) is 0.429. The fourth-order valence-electron chi connectivity index (χ4n) is 2.71. The minimum atomic E-state index is -3.80. The van der Waals surface area contributed by atoms with Crippen LogP contribution in [0.2, 0.25) is 0 Å². The molecule has 0 amide bonds. The minimum Gasteiger partial charge on any atom is -0.377 e. The van der Waals surface area contributed by atoms with Crippen molar-refractivity contribution >= 4 is 21.4 Å². The second-order valence-electron chi connectivity index (χ2n) is 5.70. The van der Waals surface area contributed by atoms with Crippen LogP contribution in [0.1, 0.15) is 18.7 Å². The van der Waals surface area contributed by atoms with Gasteiger partial charge in [0.2, 0.25) is 10.0 Å². The first-order valence-corrected chi connectivity index (χ1v) is 9.19. The Hall–Kier alpha value is -2.53. The van der Waals surface area contributed by atoms with E-state index in [0.717, 1.165) is 18.9 Å². The van der Waals surface area contributed by atoms with Crippen molar-refractivity contribution in [2.24, 2.45) is 7.05 Å². The van der Waals surface area contributed by atoms with Gasteiger partial charge in [-0.05, 0) is 18.9 Å². The van der Waals surface area contributed by atoms with E-state index >= 15 is 0 Å². The Morgan fingerprint density at radius 1 is 1.32 bits per heavy atom. The Morgan fingerprint density at radius 2 is 2.04 bits per heavy atom.